The van der Waals surface area contributed by atoms with E-state index >= 15 is 0 Å². The third kappa shape index (κ3) is 2.64. The largest absolute Gasteiger partial charge is 0.394 e. The Labute approximate surface area is 113 Å². The second-order valence-corrected chi connectivity index (χ2v) is 5.30. The van der Waals surface area contributed by atoms with Gasteiger partial charge in [-0.3, -0.25) is 9.48 Å². The summed E-state index contributed by atoms with van der Waals surface area (Å²) in [6, 6.07) is 2.30. The standard InChI is InChI=1S/C12H15BrN4O/c1-8(2)17-4-3-9(15-17)5-16-6-10(13)12(18)11(14)7-16/h3-4,6-8H,5,14H2,1-2H3. The van der Waals surface area contributed by atoms with Gasteiger partial charge in [0.25, 0.3) is 0 Å². The summed E-state index contributed by atoms with van der Waals surface area (Å²) in [7, 11) is 0. The number of halogens is 1. The van der Waals surface area contributed by atoms with Crippen LogP contribution in [0.1, 0.15) is 25.6 Å². The van der Waals surface area contributed by atoms with Gasteiger partial charge in [0.15, 0.2) is 0 Å². The molecule has 0 saturated heterocycles. The Morgan fingerprint density at radius 1 is 1.44 bits per heavy atom. The van der Waals surface area contributed by atoms with Gasteiger partial charge in [-0.05, 0) is 35.8 Å². The Kier molecular flexibility index (Phi) is 3.56. The van der Waals surface area contributed by atoms with Crippen molar-refractivity contribution in [2.75, 3.05) is 5.73 Å². The van der Waals surface area contributed by atoms with Gasteiger partial charge in [-0.1, -0.05) is 0 Å². The Balaban J connectivity index is 2.26. The minimum atomic E-state index is -0.182. The molecule has 6 heteroatoms. The minimum absolute atomic E-state index is 0.182. The number of hydrogen-bond acceptors (Lipinski definition) is 3. The SMILES string of the molecule is CC(C)n1ccc(Cn2cc(N)c(=O)c(Br)c2)n1. The fourth-order valence-electron chi connectivity index (χ4n) is 1.64. The highest BCUT2D eigenvalue weighted by atomic mass is 79.9. The molecule has 5 nitrogen and oxygen atoms in total. The molecular weight excluding hydrogens is 296 g/mol. The van der Waals surface area contributed by atoms with Crippen molar-refractivity contribution in [2.45, 2.75) is 26.4 Å². The maximum Gasteiger partial charge on any atom is 0.218 e. The van der Waals surface area contributed by atoms with Crippen LogP contribution in [0.4, 0.5) is 5.69 Å². The molecule has 0 aliphatic heterocycles. The summed E-state index contributed by atoms with van der Waals surface area (Å²) >= 11 is 3.20. The lowest BCUT2D eigenvalue weighted by Crippen LogP contribution is -2.14. The van der Waals surface area contributed by atoms with Gasteiger partial charge in [-0.15, -0.1) is 0 Å². The summed E-state index contributed by atoms with van der Waals surface area (Å²) in [5, 5.41) is 4.45. The van der Waals surface area contributed by atoms with Crippen LogP contribution in [0.3, 0.4) is 0 Å². The fraction of sp³-hybridized carbons (Fsp3) is 0.333. The number of nitrogens with two attached hydrogens (primary N) is 1. The van der Waals surface area contributed by atoms with Crippen molar-refractivity contribution in [3.05, 3.63) is 45.0 Å². The van der Waals surface area contributed by atoms with E-state index in [1.165, 1.54) is 0 Å². The predicted molar refractivity (Wildman–Crippen MR) is 74.5 cm³/mol. The molecule has 0 aromatic carbocycles. The molecule has 0 fully saturated rings. The Hall–Kier alpha value is -1.56. The number of nitrogen functional groups attached to an aromatic ring is 1. The topological polar surface area (TPSA) is 65.8 Å². The fourth-order valence-corrected chi connectivity index (χ4v) is 2.14. The molecule has 0 unspecified atom stereocenters. The van der Waals surface area contributed by atoms with Crippen LogP contribution < -0.4 is 11.2 Å². The van der Waals surface area contributed by atoms with Gasteiger partial charge in [0.05, 0.1) is 22.4 Å². The number of rotatable bonds is 3. The van der Waals surface area contributed by atoms with E-state index in [1.807, 2.05) is 21.5 Å². The molecule has 0 bridgehead atoms. The monoisotopic (exact) mass is 310 g/mol. The van der Waals surface area contributed by atoms with E-state index in [1.54, 1.807) is 12.4 Å². The summed E-state index contributed by atoms with van der Waals surface area (Å²) in [4.78, 5) is 11.5. The summed E-state index contributed by atoms with van der Waals surface area (Å²) in [6.07, 6.45) is 5.29. The van der Waals surface area contributed by atoms with E-state index in [9.17, 15) is 4.79 Å². The minimum Gasteiger partial charge on any atom is -0.394 e. The van der Waals surface area contributed by atoms with Crippen molar-refractivity contribution in [1.82, 2.24) is 14.3 Å². The Bertz CT molecular complexity index is 589. The van der Waals surface area contributed by atoms with Gasteiger partial charge in [0, 0.05) is 24.6 Å². The number of pyridine rings is 1. The third-order valence-corrected chi connectivity index (χ3v) is 3.17. The molecule has 0 aliphatic carbocycles. The zero-order chi connectivity index (χ0) is 13.3. The van der Waals surface area contributed by atoms with Crippen LogP contribution in [0.2, 0.25) is 0 Å². The first kappa shape index (κ1) is 12.9. The first-order valence-electron chi connectivity index (χ1n) is 5.66. The molecule has 0 saturated carbocycles. The predicted octanol–water partition coefficient (Wildman–Crippen LogP) is 2.02. The molecule has 18 heavy (non-hydrogen) atoms. The van der Waals surface area contributed by atoms with Crippen LogP contribution in [-0.2, 0) is 6.54 Å². The molecule has 2 rings (SSSR count). The molecule has 2 aromatic rings. The number of hydrogen-bond donors (Lipinski definition) is 1. The molecule has 0 aliphatic rings. The number of nitrogens with zero attached hydrogens (tertiary/aromatic N) is 3. The summed E-state index contributed by atoms with van der Waals surface area (Å²) in [5.41, 5.74) is 6.62. The van der Waals surface area contributed by atoms with E-state index in [0.717, 1.165) is 5.69 Å². The van der Waals surface area contributed by atoms with Gasteiger partial charge < -0.3 is 10.3 Å². The Morgan fingerprint density at radius 2 is 2.17 bits per heavy atom. The van der Waals surface area contributed by atoms with Crippen LogP contribution in [0.25, 0.3) is 0 Å². The highest BCUT2D eigenvalue weighted by Crippen LogP contribution is 2.09. The maximum atomic E-state index is 11.5. The van der Waals surface area contributed by atoms with Gasteiger partial charge in [0.2, 0.25) is 5.43 Å². The zero-order valence-corrected chi connectivity index (χ0v) is 11.9. The molecule has 96 valence electrons. The second kappa shape index (κ2) is 4.97. The molecule has 2 aromatic heterocycles. The molecule has 0 radical (unpaired) electrons. The maximum absolute atomic E-state index is 11.5. The summed E-state index contributed by atoms with van der Waals surface area (Å²) in [5.74, 6) is 0. The smallest absolute Gasteiger partial charge is 0.218 e. The number of anilines is 1. The first-order valence-corrected chi connectivity index (χ1v) is 6.46. The van der Waals surface area contributed by atoms with E-state index in [-0.39, 0.29) is 11.1 Å². The molecule has 0 spiro atoms. The molecule has 2 heterocycles. The van der Waals surface area contributed by atoms with Crippen molar-refractivity contribution >= 4 is 21.6 Å². The van der Waals surface area contributed by atoms with E-state index in [2.05, 4.69) is 34.9 Å². The lowest BCUT2D eigenvalue weighted by molar-refractivity contribution is 0.523. The van der Waals surface area contributed by atoms with Gasteiger partial charge >= 0.3 is 0 Å². The van der Waals surface area contributed by atoms with E-state index < -0.39 is 0 Å². The Morgan fingerprint density at radius 3 is 2.72 bits per heavy atom. The average Bonchev–Trinajstić information content (AvgIpc) is 2.74. The first-order chi connectivity index (χ1) is 8.47. The highest BCUT2D eigenvalue weighted by Gasteiger charge is 2.05. The van der Waals surface area contributed by atoms with Crippen molar-refractivity contribution in [3.63, 3.8) is 0 Å². The van der Waals surface area contributed by atoms with Crippen LogP contribution in [0.15, 0.2) is 33.9 Å². The van der Waals surface area contributed by atoms with Crippen molar-refractivity contribution in [3.8, 4) is 0 Å². The van der Waals surface area contributed by atoms with E-state index in [0.29, 0.717) is 17.1 Å². The number of aromatic nitrogens is 3. The average molecular weight is 311 g/mol. The van der Waals surface area contributed by atoms with Crippen LogP contribution in [-0.4, -0.2) is 14.3 Å². The van der Waals surface area contributed by atoms with Crippen molar-refractivity contribution < 1.29 is 0 Å². The van der Waals surface area contributed by atoms with Crippen molar-refractivity contribution in [2.24, 2.45) is 0 Å². The van der Waals surface area contributed by atoms with Gasteiger partial charge in [-0.25, -0.2) is 0 Å². The normalized spacial score (nSPS) is 11.1. The lowest BCUT2D eigenvalue weighted by atomic mass is 10.3. The molecule has 0 atom stereocenters. The quantitative estimate of drug-likeness (QED) is 0.943. The highest BCUT2D eigenvalue weighted by molar-refractivity contribution is 9.10. The van der Waals surface area contributed by atoms with E-state index in [4.69, 9.17) is 5.73 Å². The lowest BCUT2D eigenvalue weighted by Gasteiger charge is -2.07. The second-order valence-electron chi connectivity index (χ2n) is 4.44. The van der Waals surface area contributed by atoms with Gasteiger partial charge in [-0.2, -0.15) is 5.10 Å². The van der Waals surface area contributed by atoms with Crippen LogP contribution in [0.5, 0.6) is 0 Å². The zero-order valence-electron chi connectivity index (χ0n) is 10.3. The van der Waals surface area contributed by atoms with Crippen LogP contribution in [0, 0.1) is 0 Å². The molecular formula is C12H15BrN4O. The molecule has 2 N–H and O–H groups in total. The molecule has 0 amide bonds. The third-order valence-electron chi connectivity index (χ3n) is 2.60. The van der Waals surface area contributed by atoms with Crippen molar-refractivity contribution in [1.29, 1.82) is 0 Å². The summed E-state index contributed by atoms with van der Waals surface area (Å²) < 4.78 is 4.20. The van der Waals surface area contributed by atoms with Gasteiger partial charge in [0.1, 0.15) is 0 Å². The summed E-state index contributed by atoms with van der Waals surface area (Å²) in [6.45, 7) is 4.73. The van der Waals surface area contributed by atoms with Crippen LogP contribution >= 0.6 is 15.9 Å².